The third-order valence-corrected chi connectivity index (χ3v) is 3.31. The van der Waals surface area contributed by atoms with Gasteiger partial charge in [-0.1, -0.05) is 0 Å². The van der Waals surface area contributed by atoms with E-state index in [1.54, 1.807) is 18.9 Å². The normalized spacial score (nSPS) is 11.9. The van der Waals surface area contributed by atoms with Gasteiger partial charge in [0.2, 0.25) is 5.91 Å². The van der Waals surface area contributed by atoms with Gasteiger partial charge in [0.15, 0.2) is 0 Å². The lowest BCUT2D eigenvalue weighted by molar-refractivity contribution is -0.118. The molecule has 1 aromatic carbocycles. The van der Waals surface area contributed by atoms with Crippen LogP contribution in [-0.2, 0) is 4.79 Å². The fraction of sp³-hybridized carbons (Fsp3) is 0.462. The number of nitrogens with one attached hydrogen (secondary N) is 1. The molecule has 0 bridgehead atoms. The Labute approximate surface area is 112 Å². The van der Waals surface area contributed by atoms with Crippen LogP contribution in [0.4, 0.5) is 5.69 Å². The molecule has 0 radical (unpaired) electrons. The highest BCUT2D eigenvalue weighted by Gasteiger charge is 2.14. The molecule has 100 valence electrons. The number of methoxy groups -OCH3 is 1. The van der Waals surface area contributed by atoms with E-state index in [4.69, 9.17) is 10.5 Å². The summed E-state index contributed by atoms with van der Waals surface area (Å²) in [6.45, 7) is 0. The molecule has 0 aliphatic rings. The van der Waals surface area contributed by atoms with Crippen LogP contribution in [0.2, 0.25) is 0 Å². The Kier molecular flexibility index (Phi) is 6.43. The number of benzene rings is 1. The first-order chi connectivity index (χ1) is 8.67. The summed E-state index contributed by atoms with van der Waals surface area (Å²) in [5.74, 6) is 1.51. The zero-order valence-electron chi connectivity index (χ0n) is 10.8. The fourth-order valence-electron chi connectivity index (χ4n) is 1.61. The van der Waals surface area contributed by atoms with Crippen molar-refractivity contribution < 1.29 is 9.53 Å². The van der Waals surface area contributed by atoms with Crippen molar-refractivity contribution in [3.05, 3.63) is 24.3 Å². The van der Waals surface area contributed by atoms with Gasteiger partial charge in [0.05, 0.1) is 7.11 Å². The number of nitrogens with two attached hydrogens (primary N) is 1. The standard InChI is InChI=1S/C13H20N2O2S/c1-17-11-7-5-10(6-8-11)15-12(13(14)16)4-3-9-18-2/h5-8,12,15H,3-4,9H2,1-2H3,(H2,14,16). The zero-order valence-corrected chi connectivity index (χ0v) is 11.6. The van der Waals surface area contributed by atoms with Crippen LogP contribution < -0.4 is 15.8 Å². The monoisotopic (exact) mass is 268 g/mol. The minimum Gasteiger partial charge on any atom is -0.497 e. The summed E-state index contributed by atoms with van der Waals surface area (Å²) in [7, 11) is 1.62. The maximum atomic E-state index is 11.3. The molecule has 0 fully saturated rings. The number of amides is 1. The lowest BCUT2D eigenvalue weighted by atomic mass is 10.1. The number of thioether (sulfide) groups is 1. The smallest absolute Gasteiger partial charge is 0.239 e. The molecule has 0 saturated heterocycles. The fourth-order valence-corrected chi connectivity index (χ4v) is 2.06. The van der Waals surface area contributed by atoms with E-state index in [1.807, 2.05) is 24.3 Å². The summed E-state index contributed by atoms with van der Waals surface area (Å²) < 4.78 is 5.08. The molecule has 0 heterocycles. The first-order valence-corrected chi connectivity index (χ1v) is 7.25. The van der Waals surface area contributed by atoms with Crippen LogP contribution in [0.3, 0.4) is 0 Å². The minimum atomic E-state index is -0.314. The second kappa shape index (κ2) is 7.87. The van der Waals surface area contributed by atoms with Crippen LogP contribution in [0, 0.1) is 0 Å². The molecule has 0 aliphatic carbocycles. The summed E-state index contributed by atoms with van der Waals surface area (Å²) in [5.41, 5.74) is 6.27. The molecule has 18 heavy (non-hydrogen) atoms. The predicted octanol–water partition coefficient (Wildman–Crippen LogP) is 2.10. The Morgan fingerprint density at radius 3 is 2.61 bits per heavy atom. The number of primary amides is 1. The molecule has 0 saturated carbocycles. The Morgan fingerprint density at radius 1 is 1.44 bits per heavy atom. The maximum absolute atomic E-state index is 11.3. The lowest BCUT2D eigenvalue weighted by Gasteiger charge is -2.16. The minimum absolute atomic E-state index is 0.313. The van der Waals surface area contributed by atoms with E-state index >= 15 is 0 Å². The number of carbonyl (C=O) groups is 1. The molecule has 0 spiro atoms. The van der Waals surface area contributed by atoms with E-state index in [2.05, 4.69) is 11.6 Å². The molecule has 1 aromatic rings. The number of hydrogen-bond acceptors (Lipinski definition) is 4. The van der Waals surface area contributed by atoms with Crippen molar-refractivity contribution in [2.75, 3.05) is 24.4 Å². The van der Waals surface area contributed by atoms with Crippen molar-refractivity contribution in [2.24, 2.45) is 5.73 Å². The van der Waals surface area contributed by atoms with Crippen LogP contribution in [0.25, 0.3) is 0 Å². The van der Waals surface area contributed by atoms with Gasteiger partial charge < -0.3 is 15.8 Å². The summed E-state index contributed by atoms with van der Waals surface area (Å²) in [6, 6.07) is 7.14. The van der Waals surface area contributed by atoms with E-state index < -0.39 is 0 Å². The van der Waals surface area contributed by atoms with E-state index in [9.17, 15) is 4.79 Å². The van der Waals surface area contributed by atoms with Gasteiger partial charge in [0.25, 0.3) is 0 Å². The molecule has 3 N–H and O–H groups in total. The molecule has 1 rings (SSSR count). The van der Waals surface area contributed by atoms with E-state index in [1.165, 1.54) is 0 Å². The van der Waals surface area contributed by atoms with Gasteiger partial charge >= 0.3 is 0 Å². The van der Waals surface area contributed by atoms with Crippen molar-refractivity contribution in [1.29, 1.82) is 0 Å². The Bertz CT molecular complexity index is 368. The van der Waals surface area contributed by atoms with Crippen molar-refractivity contribution in [3.8, 4) is 5.75 Å². The van der Waals surface area contributed by atoms with E-state index in [0.29, 0.717) is 0 Å². The van der Waals surface area contributed by atoms with Crippen LogP contribution in [0.15, 0.2) is 24.3 Å². The van der Waals surface area contributed by atoms with E-state index in [0.717, 1.165) is 30.0 Å². The topological polar surface area (TPSA) is 64.3 Å². The van der Waals surface area contributed by atoms with Gasteiger partial charge in [0.1, 0.15) is 11.8 Å². The van der Waals surface area contributed by atoms with Gasteiger partial charge in [-0.05, 0) is 49.1 Å². The van der Waals surface area contributed by atoms with Gasteiger partial charge in [-0.15, -0.1) is 0 Å². The third kappa shape index (κ3) is 4.87. The quantitative estimate of drug-likeness (QED) is 0.709. The zero-order chi connectivity index (χ0) is 13.4. The Hall–Kier alpha value is -1.36. The first-order valence-electron chi connectivity index (χ1n) is 5.86. The molecule has 1 unspecified atom stereocenters. The van der Waals surface area contributed by atoms with Crippen molar-refractivity contribution in [3.63, 3.8) is 0 Å². The van der Waals surface area contributed by atoms with Crippen molar-refractivity contribution in [1.82, 2.24) is 0 Å². The predicted molar refractivity (Wildman–Crippen MR) is 77.2 cm³/mol. The largest absolute Gasteiger partial charge is 0.497 e. The number of anilines is 1. The van der Waals surface area contributed by atoms with Gasteiger partial charge in [0, 0.05) is 5.69 Å². The molecular weight excluding hydrogens is 248 g/mol. The molecule has 0 aromatic heterocycles. The second-order valence-electron chi connectivity index (χ2n) is 3.96. The highest BCUT2D eigenvalue weighted by molar-refractivity contribution is 7.98. The average molecular weight is 268 g/mol. The molecule has 4 nitrogen and oxygen atoms in total. The van der Waals surface area contributed by atoms with Gasteiger partial charge in [-0.25, -0.2) is 0 Å². The van der Waals surface area contributed by atoms with Crippen LogP contribution >= 0.6 is 11.8 Å². The number of hydrogen-bond donors (Lipinski definition) is 2. The second-order valence-corrected chi connectivity index (χ2v) is 4.95. The molecule has 1 atom stereocenters. The SMILES string of the molecule is COc1ccc(NC(CCCSC)C(N)=O)cc1. The van der Waals surface area contributed by atoms with E-state index in [-0.39, 0.29) is 11.9 Å². The van der Waals surface area contributed by atoms with Crippen LogP contribution in [0.5, 0.6) is 5.75 Å². The van der Waals surface area contributed by atoms with Gasteiger partial charge in [-0.3, -0.25) is 4.79 Å². The van der Waals surface area contributed by atoms with Gasteiger partial charge in [-0.2, -0.15) is 11.8 Å². The Balaban J connectivity index is 2.56. The van der Waals surface area contributed by atoms with Crippen molar-refractivity contribution in [2.45, 2.75) is 18.9 Å². The molecule has 5 heteroatoms. The maximum Gasteiger partial charge on any atom is 0.239 e. The van der Waals surface area contributed by atoms with Crippen molar-refractivity contribution >= 4 is 23.4 Å². The summed E-state index contributed by atoms with van der Waals surface area (Å²) in [5, 5.41) is 3.15. The molecule has 1 amide bonds. The first kappa shape index (κ1) is 14.7. The van der Waals surface area contributed by atoms with Crippen LogP contribution in [-0.4, -0.2) is 31.1 Å². The highest BCUT2D eigenvalue weighted by atomic mass is 32.2. The number of rotatable bonds is 8. The summed E-state index contributed by atoms with van der Waals surface area (Å²) >= 11 is 1.77. The number of carbonyl (C=O) groups excluding carboxylic acids is 1. The summed E-state index contributed by atoms with van der Waals surface area (Å²) in [6.07, 6.45) is 3.77. The Morgan fingerprint density at radius 2 is 2.11 bits per heavy atom. The average Bonchev–Trinajstić information content (AvgIpc) is 2.38. The molecule has 0 aliphatic heterocycles. The molecular formula is C13H20N2O2S. The lowest BCUT2D eigenvalue weighted by Crippen LogP contribution is -2.35. The van der Waals surface area contributed by atoms with Crippen LogP contribution in [0.1, 0.15) is 12.8 Å². The highest BCUT2D eigenvalue weighted by Crippen LogP contribution is 2.17. The third-order valence-electron chi connectivity index (χ3n) is 2.62. The number of ether oxygens (including phenoxy) is 1. The summed E-state index contributed by atoms with van der Waals surface area (Å²) in [4.78, 5) is 11.3.